The number of aliphatic carboxylic acids is 2. The average Bonchev–Trinajstić information content (AvgIpc) is 2.71. The van der Waals surface area contributed by atoms with E-state index in [1.54, 1.807) is 13.8 Å². The zero-order valence-electron chi connectivity index (χ0n) is 18.4. The Morgan fingerprint density at radius 1 is 0.844 bits per heavy atom. The molecule has 4 amide bonds. The summed E-state index contributed by atoms with van der Waals surface area (Å²) in [6.45, 7) is 4.66. The normalized spacial score (nSPS) is 15.4. The Morgan fingerprint density at radius 2 is 1.44 bits per heavy atom. The Hall–Kier alpha value is -3.22. The van der Waals surface area contributed by atoms with Crippen molar-refractivity contribution in [1.82, 2.24) is 16.0 Å². The molecule has 13 heteroatoms. The number of nitrogens with two attached hydrogens (primary N) is 2. The standard InChI is InChI=1S/C19H33N5O8/c1-4-9(2)15(24-16(28)11(20)5-7-13(21)25)18(30)23-12(6-8-14(26)27)17(29)22-10(3)19(31)32/h9-12,15H,4-8,20H2,1-3H3,(H2,21,25)(H,22,29)(H,23,30)(H,24,28)(H,26,27)(H,31,32). The highest BCUT2D eigenvalue weighted by Gasteiger charge is 2.32. The van der Waals surface area contributed by atoms with E-state index < -0.39 is 66.2 Å². The molecule has 0 bridgehead atoms. The van der Waals surface area contributed by atoms with Crippen LogP contribution in [-0.2, 0) is 28.8 Å². The Bertz CT molecular complexity index is 714. The summed E-state index contributed by atoms with van der Waals surface area (Å²) in [5.74, 6) is -5.87. The van der Waals surface area contributed by atoms with Crippen LogP contribution in [0.2, 0.25) is 0 Å². The van der Waals surface area contributed by atoms with Crippen molar-refractivity contribution in [1.29, 1.82) is 0 Å². The Kier molecular flexibility index (Phi) is 12.6. The molecule has 0 saturated carbocycles. The molecular weight excluding hydrogens is 426 g/mol. The number of nitrogens with one attached hydrogen (secondary N) is 3. The molecule has 0 heterocycles. The van der Waals surface area contributed by atoms with E-state index in [2.05, 4.69) is 16.0 Å². The van der Waals surface area contributed by atoms with Crippen molar-refractivity contribution in [2.24, 2.45) is 17.4 Å². The third-order valence-corrected chi connectivity index (χ3v) is 4.84. The van der Waals surface area contributed by atoms with Crippen LogP contribution in [0.5, 0.6) is 0 Å². The van der Waals surface area contributed by atoms with E-state index in [9.17, 15) is 28.8 Å². The van der Waals surface area contributed by atoms with Crippen LogP contribution in [0.4, 0.5) is 0 Å². The fraction of sp³-hybridized carbons (Fsp3) is 0.684. The van der Waals surface area contributed by atoms with Crippen LogP contribution in [0, 0.1) is 5.92 Å². The van der Waals surface area contributed by atoms with Crippen molar-refractivity contribution in [3.8, 4) is 0 Å². The number of primary amides is 1. The Labute approximate surface area is 185 Å². The van der Waals surface area contributed by atoms with E-state index >= 15 is 0 Å². The van der Waals surface area contributed by atoms with Crippen LogP contribution in [-0.4, -0.2) is 69.9 Å². The van der Waals surface area contributed by atoms with E-state index in [-0.39, 0.29) is 25.2 Å². The van der Waals surface area contributed by atoms with Gasteiger partial charge in [0.1, 0.15) is 18.1 Å². The van der Waals surface area contributed by atoms with Crippen molar-refractivity contribution in [2.75, 3.05) is 0 Å². The first-order valence-corrected chi connectivity index (χ1v) is 10.2. The molecule has 0 aliphatic heterocycles. The molecule has 0 rings (SSSR count). The summed E-state index contributed by atoms with van der Waals surface area (Å²) in [7, 11) is 0. The van der Waals surface area contributed by atoms with E-state index in [4.69, 9.17) is 21.7 Å². The quantitative estimate of drug-likeness (QED) is 0.144. The van der Waals surface area contributed by atoms with E-state index in [0.29, 0.717) is 6.42 Å². The van der Waals surface area contributed by atoms with Gasteiger partial charge in [0.2, 0.25) is 23.6 Å². The Balaban J connectivity index is 5.43. The third kappa shape index (κ3) is 10.7. The maximum absolute atomic E-state index is 12.9. The molecule has 13 nitrogen and oxygen atoms in total. The Morgan fingerprint density at radius 3 is 1.91 bits per heavy atom. The predicted octanol–water partition coefficient (Wildman–Crippen LogP) is -1.95. The summed E-state index contributed by atoms with van der Waals surface area (Å²) in [6, 6.07) is -4.80. The van der Waals surface area contributed by atoms with E-state index in [1.807, 2.05) is 0 Å². The molecule has 0 saturated heterocycles. The van der Waals surface area contributed by atoms with Crippen molar-refractivity contribution in [3.63, 3.8) is 0 Å². The first kappa shape index (κ1) is 28.8. The molecule has 0 aliphatic rings. The molecule has 182 valence electrons. The first-order chi connectivity index (χ1) is 14.8. The molecule has 9 N–H and O–H groups in total. The lowest BCUT2D eigenvalue weighted by atomic mass is 9.96. The fourth-order valence-corrected chi connectivity index (χ4v) is 2.56. The van der Waals surface area contributed by atoms with Gasteiger partial charge in [-0.05, 0) is 25.7 Å². The lowest BCUT2D eigenvalue weighted by molar-refractivity contribution is -0.142. The van der Waals surface area contributed by atoms with Gasteiger partial charge in [-0.25, -0.2) is 0 Å². The second-order valence-electron chi connectivity index (χ2n) is 7.55. The van der Waals surface area contributed by atoms with Crippen LogP contribution in [0.25, 0.3) is 0 Å². The van der Waals surface area contributed by atoms with Crippen LogP contribution >= 0.6 is 0 Å². The predicted molar refractivity (Wildman–Crippen MR) is 112 cm³/mol. The number of carboxylic acid groups (broad SMARTS) is 2. The molecule has 5 atom stereocenters. The van der Waals surface area contributed by atoms with Crippen LogP contribution in [0.1, 0.15) is 52.9 Å². The first-order valence-electron chi connectivity index (χ1n) is 10.2. The number of carbonyl (C=O) groups is 6. The number of hydrogen-bond acceptors (Lipinski definition) is 7. The smallest absolute Gasteiger partial charge is 0.325 e. The molecule has 0 fully saturated rings. The van der Waals surface area contributed by atoms with Gasteiger partial charge >= 0.3 is 11.9 Å². The number of carbonyl (C=O) groups excluding carboxylic acids is 4. The van der Waals surface area contributed by atoms with Crippen LogP contribution in [0.15, 0.2) is 0 Å². The maximum atomic E-state index is 12.9. The van der Waals surface area contributed by atoms with Crippen LogP contribution in [0.3, 0.4) is 0 Å². The summed E-state index contributed by atoms with van der Waals surface area (Å²) in [4.78, 5) is 70.4. The van der Waals surface area contributed by atoms with Gasteiger partial charge in [-0.2, -0.15) is 0 Å². The lowest BCUT2D eigenvalue weighted by Crippen LogP contribution is -2.58. The molecule has 32 heavy (non-hydrogen) atoms. The van der Waals surface area contributed by atoms with Gasteiger partial charge in [-0.3, -0.25) is 28.8 Å². The number of rotatable bonds is 15. The minimum Gasteiger partial charge on any atom is -0.481 e. The summed E-state index contributed by atoms with van der Waals surface area (Å²) < 4.78 is 0. The van der Waals surface area contributed by atoms with Gasteiger partial charge < -0.3 is 37.6 Å². The van der Waals surface area contributed by atoms with Gasteiger partial charge in [0, 0.05) is 12.8 Å². The topological polar surface area (TPSA) is 231 Å². The monoisotopic (exact) mass is 459 g/mol. The number of amides is 4. The zero-order chi connectivity index (χ0) is 25.0. The van der Waals surface area contributed by atoms with Crippen molar-refractivity contribution in [2.45, 2.75) is 77.0 Å². The number of hydrogen-bond donors (Lipinski definition) is 7. The largest absolute Gasteiger partial charge is 0.481 e. The summed E-state index contributed by atoms with van der Waals surface area (Å²) in [6.07, 6.45) is -0.422. The highest BCUT2D eigenvalue weighted by atomic mass is 16.4. The second kappa shape index (κ2) is 14.0. The van der Waals surface area contributed by atoms with Crippen molar-refractivity contribution in [3.05, 3.63) is 0 Å². The van der Waals surface area contributed by atoms with E-state index in [1.165, 1.54) is 6.92 Å². The maximum Gasteiger partial charge on any atom is 0.325 e. The molecule has 5 unspecified atom stereocenters. The van der Waals surface area contributed by atoms with Gasteiger partial charge in [-0.1, -0.05) is 20.3 Å². The second-order valence-corrected chi connectivity index (χ2v) is 7.55. The fourth-order valence-electron chi connectivity index (χ4n) is 2.56. The van der Waals surface area contributed by atoms with Crippen LogP contribution < -0.4 is 27.4 Å². The van der Waals surface area contributed by atoms with Gasteiger partial charge in [0.15, 0.2) is 0 Å². The summed E-state index contributed by atoms with van der Waals surface area (Å²) >= 11 is 0. The van der Waals surface area contributed by atoms with Crippen molar-refractivity contribution >= 4 is 35.6 Å². The van der Waals surface area contributed by atoms with Crippen molar-refractivity contribution < 1.29 is 39.0 Å². The van der Waals surface area contributed by atoms with Gasteiger partial charge in [-0.15, -0.1) is 0 Å². The minimum absolute atomic E-state index is 0.0211. The molecule has 0 aromatic rings. The molecule has 0 aliphatic carbocycles. The summed E-state index contributed by atoms with van der Waals surface area (Å²) in [5, 5.41) is 24.9. The minimum atomic E-state index is -1.34. The molecule has 0 spiro atoms. The third-order valence-electron chi connectivity index (χ3n) is 4.84. The highest BCUT2D eigenvalue weighted by molar-refractivity contribution is 5.94. The highest BCUT2D eigenvalue weighted by Crippen LogP contribution is 2.10. The molecule has 0 aromatic carbocycles. The van der Waals surface area contributed by atoms with Gasteiger partial charge in [0.05, 0.1) is 6.04 Å². The molecular formula is C19H33N5O8. The molecule has 0 radical (unpaired) electrons. The zero-order valence-corrected chi connectivity index (χ0v) is 18.4. The molecule has 0 aromatic heterocycles. The van der Waals surface area contributed by atoms with Gasteiger partial charge in [0.25, 0.3) is 0 Å². The average molecular weight is 460 g/mol. The SMILES string of the molecule is CCC(C)C(NC(=O)C(N)CCC(N)=O)C(=O)NC(CCC(=O)O)C(=O)NC(C)C(=O)O. The summed E-state index contributed by atoms with van der Waals surface area (Å²) in [5.41, 5.74) is 10.8. The number of carboxylic acids is 2. The lowest BCUT2D eigenvalue weighted by Gasteiger charge is -2.27. The van der Waals surface area contributed by atoms with E-state index in [0.717, 1.165) is 0 Å².